The maximum Gasteiger partial charge on any atom is 0.260 e. The van der Waals surface area contributed by atoms with E-state index in [0.29, 0.717) is 35.3 Å². The van der Waals surface area contributed by atoms with Crippen molar-refractivity contribution in [2.24, 2.45) is 5.92 Å². The van der Waals surface area contributed by atoms with Crippen molar-refractivity contribution in [1.82, 2.24) is 20.2 Å². The topological polar surface area (TPSA) is 92.8 Å². The molecular weight excluding hydrogens is 366 g/mol. The summed E-state index contributed by atoms with van der Waals surface area (Å²) < 4.78 is 5.88. The number of aromatic amines is 1. The number of carbonyl (C=O) groups is 1. The van der Waals surface area contributed by atoms with Gasteiger partial charge in [-0.05, 0) is 43.5 Å². The number of amides is 1. The van der Waals surface area contributed by atoms with Crippen LogP contribution < -0.4 is 10.1 Å². The quantitative estimate of drug-likeness (QED) is 0.610. The van der Waals surface area contributed by atoms with Crippen LogP contribution in [0.3, 0.4) is 0 Å². The molecule has 2 heterocycles. The molecule has 2 aromatic heterocycles. The first-order valence-corrected chi connectivity index (χ1v) is 10.1. The van der Waals surface area contributed by atoms with Crippen molar-refractivity contribution in [3.63, 3.8) is 0 Å². The van der Waals surface area contributed by atoms with Gasteiger partial charge in [0.25, 0.3) is 5.91 Å². The lowest BCUT2D eigenvalue weighted by Gasteiger charge is -2.12. The second-order valence-electron chi connectivity index (χ2n) is 6.78. The van der Waals surface area contributed by atoms with E-state index in [-0.39, 0.29) is 5.91 Å². The standard InChI is InChI=1S/C20H21N5O2.C2H6/c1-13-5-8-17(27-10-9-14-6-7-14)15(11-13)20(26)24-18-4-2-3-16(23-18)19-21-12-22-25-19;1-2/h2-5,8,11-12,14H,6-7,9-10H2,1H3,(H,21,22,25)(H,23,24,26);1-2H3. The third kappa shape index (κ3) is 5.63. The van der Waals surface area contributed by atoms with Crippen LogP contribution in [-0.2, 0) is 0 Å². The summed E-state index contributed by atoms with van der Waals surface area (Å²) in [6.07, 6.45) is 5.03. The molecule has 1 aliphatic carbocycles. The summed E-state index contributed by atoms with van der Waals surface area (Å²) >= 11 is 0. The zero-order chi connectivity index (χ0) is 20.6. The molecule has 7 heteroatoms. The number of aromatic nitrogens is 4. The van der Waals surface area contributed by atoms with Crippen LogP contribution in [-0.4, -0.2) is 32.7 Å². The fourth-order valence-corrected chi connectivity index (χ4v) is 2.84. The van der Waals surface area contributed by atoms with Crippen LogP contribution in [0.1, 0.15) is 49.0 Å². The van der Waals surface area contributed by atoms with Gasteiger partial charge in [0.1, 0.15) is 23.6 Å². The second kappa shape index (κ2) is 9.82. The molecule has 0 bridgehead atoms. The normalized spacial score (nSPS) is 12.7. The van der Waals surface area contributed by atoms with Crippen LogP contribution in [0.4, 0.5) is 5.82 Å². The first kappa shape index (κ1) is 20.5. The molecule has 2 N–H and O–H groups in total. The average molecular weight is 393 g/mol. The summed E-state index contributed by atoms with van der Waals surface area (Å²) in [6.45, 7) is 6.58. The zero-order valence-corrected chi connectivity index (χ0v) is 17.1. The highest BCUT2D eigenvalue weighted by atomic mass is 16.5. The lowest BCUT2D eigenvalue weighted by Crippen LogP contribution is -2.15. The van der Waals surface area contributed by atoms with Gasteiger partial charge in [-0.15, -0.1) is 0 Å². The van der Waals surface area contributed by atoms with Gasteiger partial charge in [-0.3, -0.25) is 9.89 Å². The Bertz CT molecular complexity index is 936. The number of carbonyl (C=O) groups excluding carboxylic acids is 1. The molecule has 4 rings (SSSR count). The van der Waals surface area contributed by atoms with Gasteiger partial charge in [0, 0.05) is 0 Å². The van der Waals surface area contributed by atoms with Crippen LogP contribution in [0.2, 0.25) is 0 Å². The van der Waals surface area contributed by atoms with Crippen molar-refractivity contribution in [1.29, 1.82) is 0 Å². The van der Waals surface area contributed by atoms with Crippen LogP contribution in [0.5, 0.6) is 5.75 Å². The summed E-state index contributed by atoms with van der Waals surface area (Å²) in [5.74, 6) is 2.13. The Kier molecular flexibility index (Phi) is 6.94. The van der Waals surface area contributed by atoms with Gasteiger partial charge in [0.15, 0.2) is 5.82 Å². The van der Waals surface area contributed by atoms with Gasteiger partial charge >= 0.3 is 0 Å². The van der Waals surface area contributed by atoms with Gasteiger partial charge < -0.3 is 10.1 Å². The Morgan fingerprint density at radius 3 is 2.79 bits per heavy atom. The number of nitrogens with one attached hydrogen (secondary N) is 2. The van der Waals surface area contributed by atoms with E-state index >= 15 is 0 Å². The molecule has 1 saturated carbocycles. The van der Waals surface area contributed by atoms with Crippen LogP contribution in [0.15, 0.2) is 42.7 Å². The van der Waals surface area contributed by atoms with E-state index in [1.807, 2.05) is 45.0 Å². The SMILES string of the molecule is CC.Cc1ccc(OCCC2CC2)c(C(=O)Nc2cccc(-c3ncn[nH]3)n2)c1. The third-order valence-corrected chi connectivity index (χ3v) is 4.51. The molecule has 29 heavy (non-hydrogen) atoms. The fourth-order valence-electron chi connectivity index (χ4n) is 2.84. The lowest BCUT2D eigenvalue weighted by atomic mass is 10.1. The van der Waals surface area contributed by atoms with Crippen molar-refractivity contribution in [2.45, 2.75) is 40.0 Å². The minimum atomic E-state index is -0.248. The molecule has 1 amide bonds. The average Bonchev–Trinajstić information content (AvgIpc) is 3.40. The number of aryl methyl sites for hydroxylation is 1. The Morgan fingerprint density at radius 2 is 2.07 bits per heavy atom. The number of hydrogen-bond acceptors (Lipinski definition) is 5. The number of pyridine rings is 1. The monoisotopic (exact) mass is 393 g/mol. The largest absolute Gasteiger partial charge is 0.493 e. The molecule has 0 saturated heterocycles. The van der Waals surface area contributed by atoms with Crippen molar-refractivity contribution in [3.05, 3.63) is 53.9 Å². The Labute approximate surface area is 170 Å². The van der Waals surface area contributed by atoms with Crippen molar-refractivity contribution < 1.29 is 9.53 Å². The van der Waals surface area contributed by atoms with Crippen molar-refractivity contribution in [2.75, 3.05) is 11.9 Å². The van der Waals surface area contributed by atoms with E-state index in [1.165, 1.54) is 19.2 Å². The van der Waals surface area contributed by atoms with E-state index in [2.05, 4.69) is 25.5 Å². The summed E-state index contributed by atoms with van der Waals surface area (Å²) in [4.78, 5) is 21.3. The minimum Gasteiger partial charge on any atom is -0.493 e. The summed E-state index contributed by atoms with van der Waals surface area (Å²) in [5, 5.41) is 9.43. The molecule has 0 radical (unpaired) electrons. The van der Waals surface area contributed by atoms with Crippen molar-refractivity contribution >= 4 is 11.7 Å². The number of rotatable bonds is 7. The number of anilines is 1. The first-order valence-electron chi connectivity index (χ1n) is 10.1. The molecule has 7 nitrogen and oxygen atoms in total. The maximum absolute atomic E-state index is 12.8. The molecule has 1 aliphatic rings. The molecule has 3 aromatic rings. The number of hydrogen-bond donors (Lipinski definition) is 2. The Morgan fingerprint density at radius 1 is 1.24 bits per heavy atom. The molecule has 0 aliphatic heterocycles. The highest BCUT2D eigenvalue weighted by Gasteiger charge is 2.21. The van der Waals surface area contributed by atoms with E-state index in [1.54, 1.807) is 12.1 Å². The van der Waals surface area contributed by atoms with E-state index < -0.39 is 0 Å². The van der Waals surface area contributed by atoms with Crippen molar-refractivity contribution in [3.8, 4) is 17.3 Å². The first-order chi connectivity index (χ1) is 14.2. The summed E-state index contributed by atoms with van der Waals surface area (Å²) in [6, 6.07) is 11.0. The maximum atomic E-state index is 12.8. The molecule has 1 fully saturated rings. The van der Waals surface area contributed by atoms with Crippen LogP contribution >= 0.6 is 0 Å². The summed E-state index contributed by atoms with van der Waals surface area (Å²) in [7, 11) is 0. The number of nitrogens with zero attached hydrogens (tertiary/aromatic N) is 3. The molecule has 0 unspecified atom stereocenters. The third-order valence-electron chi connectivity index (χ3n) is 4.51. The van der Waals surface area contributed by atoms with Gasteiger partial charge in [-0.25, -0.2) is 9.97 Å². The smallest absolute Gasteiger partial charge is 0.260 e. The predicted molar refractivity (Wildman–Crippen MR) is 113 cm³/mol. The predicted octanol–water partition coefficient (Wildman–Crippen LogP) is 4.63. The number of benzene rings is 1. The highest BCUT2D eigenvalue weighted by molar-refractivity contribution is 6.06. The molecule has 152 valence electrons. The van der Waals surface area contributed by atoms with Crippen LogP contribution in [0.25, 0.3) is 11.5 Å². The molecule has 0 spiro atoms. The number of H-pyrrole nitrogens is 1. The molecular formula is C22H27N5O2. The molecule has 0 atom stereocenters. The fraction of sp³-hybridized carbons (Fsp3) is 0.364. The summed E-state index contributed by atoms with van der Waals surface area (Å²) in [5.41, 5.74) is 2.12. The molecule has 1 aromatic carbocycles. The second-order valence-corrected chi connectivity index (χ2v) is 6.78. The number of ether oxygens (including phenoxy) is 1. The van der Waals surface area contributed by atoms with E-state index in [9.17, 15) is 4.79 Å². The highest BCUT2D eigenvalue weighted by Crippen LogP contribution is 2.32. The lowest BCUT2D eigenvalue weighted by molar-refractivity contribution is 0.102. The Balaban J connectivity index is 0.00000117. The van der Waals surface area contributed by atoms with Gasteiger partial charge in [-0.2, -0.15) is 5.10 Å². The van der Waals surface area contributed by atoms with Gasteiger partial charge in [0.2, 0.25) is 0 Å². The van der Waals surface area contributed by atoms with Crippen LogP contribution in [0, 0.1) is 12.8 Å². The minimum absolute atomic E-state index is 0.248. The Hall–Kier alpha value is -3.22. The zero-order valence-electron chi connectivity index (χ0n) is 17.1. The van der Waals surface area contributed by atoms with E-state index in [4.69, 9.17) is 4.74 Å². The van der Waals surface area contributed by atoms with Gasteiger partial charge in [0.05, 0.1) is 12.2 Å². The van der Waals surface area contributed by atoms with E-state index in [0.717, 1.165) is 17.9 Å². The van der Waals surface area contributed by atoms with Gasteiger partial charge in [-0.1, -0.05) is 44.4 Å².